The third kappa shape index (κ3) is 0.473. The largest absolute Gasteiger partial charge is 0.519 e. The van der Waals surface area contributed by atoms with E-state index in [2.05, 4.69) is 4.74 Å². The van der Waals surface area contributed by atoms with E-state index in [1.807, 2.05) is 0 Å². The van der Waals surface area contributed by atoms with Gasteiger partial charge in [0.05, 0.1) is 5.92 Å². The quantitative estimate of drug-likeness (QED) is 0.440. The smallest absolute Gasteiger partial charge is 0.422 e. The van der Waals surface area contributed by atoms with Crippen molar-refractivity contribution in [1.82, 2.24) is 0 Å². The summed E-state index contributed by atoms with van der Waals surface area (Å²) in [5.74, 6) is 2.34. The van der Waals surface area contributed by atoms with Crippen LogP contribution in [0.3, 0.4) is 0 Å². The van der Waals surface area contributed by atoms with Crippen LogP contribution in [0.2, 0.25) is 0 Å². The minimum Gasteiger partial charge on any atom is -0.422 e. The summed E-state index contributed by atoms with van der Waals surface area (Å²) < 4.78 is 15.0. The number of carbonyl (C=O) groups excluding carboxylic acids is 2. The Hall–Kier alpha value is -1.26. The van der Waals surface area contributed by atoms with E-state index in [0.717, 1.165) is 12.8 Å². The molecule has 5 fully saturated rings. The highest BCUT2D eigenvalue weighted by molar-refractivity contribution is 5.80. The monoisotopic (exact) mass is 208 g/mol. The average Bonchev–Trinajstić information content (AvgIpc) is 2.84. The van der Waals surface area contributed by atoms with E-state index in [1.165, 1.54) is 0 Å². The lowest BCUT2D eigenvalue weighted by atomic mass is 9.95. The predicted molar refractivity (Wildman–Crippen MR) is 42.7 cm³/mol. The Balaban J connectivity index is 1.68. The third-order valence-electron chi connectivity index (χ3n) is 5.20. The molecule has 0 aromatic heterocycles. The molecule has 4 unspecified atom stereocenters. The van der Waals surface area contributed by atoms with Crippen LogP contribution in [0.5, 0.6) is 0 Å². The van der Waals surface area contributed by atoms with Crippen LogP contribution in [-0.4, -0.2) is 23.5 Å². The Labute approximate surface area is 84.7 Å². The zero-order valence-corrected chi connectivity index (χ0v) is 7.76. The summed E-state index contributed by atoms with van der Waals surface area (Å²) in [5.41, 5.74) is -0.999. The highest BCUT2D eigenvalue weighted by Crippen LogP contribution is 2.90. The lowest BCUT2D eigenvalue weighted by Gasteiger charge is -2.24. The molecule has 2 spiro atoms. The third-order valence-corrected chi connectivity index (χ3v) is 5.20. The first-order valence-corrected chi connectivity index (χ1v) is 5.32. The fraction of sp³-hybridized carbons (Fsp3) is 0.800. The van der Waals surface area contributed by atoms with Gasteiger partial charge in [-0.2, -0.15) is 0 Å². The number of rotatable bonds is 0. The van der Waals surface area contributed by atoms with E-state index in [4.69, 9.17) is 9.47 Å². The van der Waals surface area contributed by atoms with Crippen molar-refractivity contribution < 1.29 is 23.8 Å². The van der Waals surface area contributed by atoms with E-state index in [-0.39, 0.29) is 5.92 Å². The average molecular weight is 208 g/mol. The minimum atomic E-state index is -0.885. The minimum absolute atomic E-state index is 0.275. The zero-order valence-electron chi connectivity index (χ0n) is 7.76. The Morgan fingerprint density at radius 1 is 1.00 bits per heavy atom. The van der Waals surface area contributed by atoms with Crippen molar-refractivity contribution >= 4 is 12.3 Å². The topological polar surface area (TPSA) is 61.8 Å². The number of carbonyl (C=O) groups is 2. The van der Waals surface area contributed by atoms with Crippen molar-refractivity contribution in [2.24, 2.45) is 23.7 Å². The maximum Gasteiger partial charge on any atom is 0.519 e. The number of hydrogen-bond donors (Lipinski definition) is 0. The van der Waals surface area contributed by atoms with Gasteiger partial charge < -0.3 is 14.2 Å². The van der Waals surface area contributed by atoms with Gasteiger partial charge in [-0.05, 0) is 30.6 Å². The van der Waals surface area contributed by atoms with Crippen molar-refractivity contribution in [3.63, 3.8) is 0 Å². The summed E-state index contributed by atoms with van der Waals surface area (Å²) in [5, 5.41) is 0. The van der Waals surface area contributed by atoms with Crippen LogP contribution in [0.1, 0.15) is 12.8 Å². The van der Waals surface area contributed by atoms with Gasteiger partial charge >= 0.3 is 12.3 Å². The molecule has 0 aromatic carbocycles. The van der Waals surface area contributed by atoms with E-state index < -0.39 is 23.5 Å². The van der Waals surface area contributed by atoms with E-state index in [9.17, 15) is 9.59 Å². The van der Waals surface area contributed by atoms with Crippen molar-refractivity contribution in [2.45, 2.75) is 24.0 Å². The molecular formula is C10H8O5. The number of hydrogen-bond acceptors (Lipinski definition) is 5. The molecule has 0 amide bonds. The Morgan fingerprint density at radius 2 is 1.53 bits per heavy atom. The summed E-state index contributed by atoms with van der Waals surface area (Å²) in [6.45, 7) is 0. The zero-order chi connectivity index (χ0) is 10.00. The molecule has 1 saturated heterocycles. The molecule has 5 nitrogen and oxygen atoms in total. The van der Waals surface area contributed by atoms with Gasteiger partial charge in [0.2, 0.25) is 0 Å². The van der Waals surface area contributed by atoms with E-state index in [1.54, 1.807) is 0 Å². The van der Waals surface area contributed by atoms with Gasteiger partial charge in [0, 0.05) is 0 Å². The second kappa shape index (κ2) is 1.54. The number of fused-ring (bicyclic) bond motifs is 1. The van der Waals surface area contributed by atoms with E-state index in [0.29, 0.717) is 17.8 Å². The molecule has 0 N–H and O–H groups in total. The highest BCUT2D eigenvalue weighted by atomic mass is 16.9. The van der Waals surface area contributed by atoms with Crippen molar-refractivity contribution in [2.75, 3.05) is 0 Å². The first-order valence-electron chi connectivity index (χ1n) is 5.32. The Morgan fingerprint density at radius 3 is 2.07 bits per heavy atom. The summed E-state index contributed by atoms with van der Waals surface area (Å²) >= 11 is 0. The maximum absolute atomic E-state index is 11.2. The van der Waals surface area contributed by atoms with Gasteiger partial charge in [0.15, 0.2) is 11.2 Å². The molecule has 1 aliphatic heterocycles. The van der Waals surface area contributed by atoms with Crippen LogP contribution in [0.25, 0.3) is 0 Å². The number of cyclic esters (lactones) is 2. The molecule has 4 saturated carbocycles. The number of ether oxygens (including phenoxy) is 3. The van der Waals surface area contributed by atoms with Gasteiger partial charge in [-0.1, -0.05) is 0 Å². The van der Waals surface area contributed by atoms with Gasteiger partial charge in [-0.25, -0.2) is 9.59 Å². The first-order chi connectivity index (χ1) is 7.18. The van der Waals surface area contributed by atoms with Crippen molar-refractivity contribution in [3.8, 4) is 0 Å². The normalized spacial score (nSPS) is 65.9. The standard InChI is InChI=1S/C10H8O5/c11-7-13-8(12)15-10-2-4-3-1-9(10,14-7)6(10)5(3)4/h3-6H,1-2H2. The summed E-state index contributed by atoms with van der Waals surface area (Å²) in [4.78, 5) is 22.4. The fourth-order valence-corrected chi connectivity index (χ4v) is 4.83. The molecule has 0 radical (unpaired) electrons. The van der Waals surface area contributed by atoms with E-state index >= 15 is 0 Å². The molecule has 4 aliphatic carbocycles. The summed E-state index contributed by atoms with van der Waals surface area (Å²) in [6, 6.07) is 0. The molecule has 1 heterocycles. The molecule has 78 valence electrons. The second-order valence-corrected chi connectivity index (χ2v) is 5.38. The summed E-state index contributed by atoms with van der Waals surface area (Å²) in [6.07, 6.45) is -0.0293. The van der Waals surface area contributed by atoms with Crippen LogP contribution in [0, 0.1) is 23.7 Å². The lowest BCUT2D eigenvalue weighted by Crippen LogP contribution is -2.35. The maximum atomic E-state index is 11.2. The SMILES string of the molecule is O=C1OC(=O)OC23CC4C5CC2(O1)C3C54. The highest BCUT2D eigenvalue weighted by Gasteiger charge is 3.00. The van der Waals surface area contributed by atoms with Gasteiger partial charge in [-0.3, -0.25) is 0 Å². The molecule has 0 aromatic rings. The van der Waals surface area contributed by atoms with Gasteiger partial charge in [-0.15, -0.1) is 0 Å². The van der Waals surface area contributed by atoms with Crippen molar-refractivity contribution in [3.05, 3.63) is 0 Å². The van der Waals surface area contributed by atoms with Crippen LogP contribution < -0.4 is 0 Å². The van der Waals surface area contributed by atoms with Crippen LogP contribution in [0.15, 0.2) is 0 Å². The van der Waals surface area contributed by atoms with Gasteiger partial charge in [0.25, 0.3) is 0 Å². The van der Waals surface area contributed by atoms with Crippen LogP contribution in [0.4, 0.5) is 9.59 Å². The molecule has 5 aliphatic rings. The molecule has 15 heavy (non-hydrogen) atoms. The van der Waals surface area contributed by atoms with Gasteiger partial charge in [0.1, 0.15) is 0 Å². The second-order valence-electron chi connectivity index (χ2n) is 5.38. The fourth-order valence-electron chi connectivity index (χ4n) is 4.83. The molecule has 5 rings (SSSR count). The lowest BCUT2D eigenvalue weighted by molar-refractivity contribution is -0.0134. The molecule has 4 atom stereocenters. The Bertz CT molecular complexity index is 407. The molecular weight excluding hydrogens is 200 g/mol. The summed E-state index contributed by atoms with van der Waals surface area (Å²) in [7, 11) is 0. The first kappa shape index (κ1) is 7.09. The van der Waals surface area contributed by atoms with Crippen molar-refractivity contribution in [1.29, 1.82) is 0 Å². The van der Waals surface area contributed by atoms with Crippen LogP contribution in [-0.2, 0) is 14.2 Å². The predicted octanol–water partition coefficient (Wildman–Crippen LogP) is 1.07. The molecule has 5 heteroatoms. The molecule has 0 bridgehead atoms. The Kier molecular flexibility index (Phi) is 0.729. The van der Waals surface area contributed by atoms with Crippen LogP contribution >= 0.6 is 0 Å².